The number of hydrogen-bond donors (Lipinski definition) is 2. The molecule has 0 fully saturated rings. The van der Waals surface area contributed by atoms with Crippen molar-refractivity contribution in [1.29, 1.82) is 0 Å². The standard InChI is InChI=1S/C17H23BrN6.HI/c1-5-10-19-17(20-11-16-23-22-13(3)24(16)4)21-12(2)14-8-6-7-9-15(14)18;/h5-9,12H,1,10-11H2,2-4H3,(H2,19,20,21);1H. The van der Waals surface area contributed by atoms with Crippen LogP contribution in [0.5, 0.6) is 0 Å². The van der Waals surface area contributed by atoms with Crippen LogP contribution in [-0.2, 0) is 13.6 Å². The van der Waals surface area contributed by atoms with Crippen LogP contribution in [0.3, 0.4) is 0 Å². The second-order valence-electron chi connectivity index (χ2n) is 5.44. The lowest BCUT2D eigenvalue weighted by molar-refractivity contribution is 0.682. The SMILES string of the molecule is C=CCNC(=NCc1nnc(C)n1C)NC(C)c1ccccc1Br.I. The van der Waals surface area contributed by atoms with Gasteiger partial charge in [-0.1, -0.05) is 40.2 Å². The summed E-state index contributed by atoms with van der Waals surface area (Å²) in [6.45, 7) is 8.84. The zero-order valence-electron chi connectivity index (χ0n) is 14.7. The molecule has 0 aliphatic heterocycles. The second-order valence-corrected chi connectivity index (χ2v) is 6.30. The molecule has 25 heavy (non-hydrogen) atoms. The van der Waals surface area contributed by atoms with Crippen LogP contribution in [0.4, 0.5) is 0 Å². The van der Waals surface area contributed by atoms with Crippen molar-refractivity contribution in [3.63, 3.8) is 0 Å². The van der Waals surface area contributed by atoms with Gasteiger partial charge in [0.15, 0.2) is 11.8 Å². The summed E-state index contributed by atoms with van der Waals surface area (Å²) < 4.78 is 3.00. The summed E-state index contributed by atoms with van der Waals surface area (Å²) in [5.74, 6) is 2.40. The van der Waals surface area contributed by atoms with Crippen molar-refractivity contribution < 1.29 is 0 Å². The van der Waals surface area contributed by atoms with Crippen LogP contribution >= 0.6 is 39.9 Å². The number of aryl methyl sites for hydroxylation is 1. The molecule has 6 nitrogen and oxygen atoms in total. The topological polar surface area (TPSA) is 67.1 Å². The third-order valence-corrected chi connectivity index (χ3v) is 4.42. The molecule has 0 bridgehead atoms. The van der Waals surface area contributed by atoms with Gasteiger partial charge >= 0.3 is 0 Å². The molecular weight excluding hydrogens is 495 g/mol. The molecule has 0 saturated heterocycles. The minimum atomic E-state index is 0. The van der Waals surface area contributed by atoms with Gasteiger partial charge in [0, 0.05) is 18.1 Å². The average molecular weight is 519 g/mol. The highest BCUT2D eigenvalue weighted by Gasteiger charge is 2.11. The Kier molecular flexibility index (Phi) is 9.12. The van der Waals surface area contributed by atoms with Crippen LogP contribution in [0.1, 0.15) is 30.2 Å². The minimum absolute atomic E-state index is 0. The Hall–Kier alpha value is -1.42. The Morgan fingerprint density at radius 2 is 2.12 bits per heavy atom. The first-order valence-electron chi connectivity index (χ1n) is 7.78. The van der Waals surface area contributed by atoms with Crippen molar-refractivity contribution in [3.8, 4) is 0 Å². The summed E-state index contributed by atoms with van der Waals surface area (Å²) in [6.07, 6.45) is 1.80. The Labute approximate surface area is 174 Å². The van der Waals surface area contributed by atoms with E-state index < -0.39 is 0 Å². The minimum Gasteiger partial charge on any atom is -0.353 e. The van der Waals surface area contributed by atoms with E-state index in [9.17, 15) is 0 Å². The van der Waals surface area contributed by atoms with E-state index in [1.165, 1.54) is 5.56 Å². The molecule has 1 atom stereocenters. The first-order chi connectivity index (χ1) is 11.5. The summed E-state index contributed by atoms with van der Waals surface area (Å²) >= 11 is 3.59. The fourth-order valence-electron chi connectivity index (χ4n) is 2.17. The number of halogens is 2. The molecule has 1 unspecified atom stereocenters. The van der Waals surface area contributed by atoms with Crippen molar-refractivity contribution in [1.82, 2.24) is 25.4 Å². The van der Waals surface area contributed by atoms with Gasteiger partial charge in [0.1, 0.15) is 12.4 Å². The smallest absolute Gasteiger partial charge is 0.192 e. The molecule has 1 heterocycles. The maximum Gasteiger partial charge on any atom is 0.192 e. The quantitative estimate of drug-likeness (QED) is 0.266. The highest BCUT2D eigenvalue weighted by atomic mass is 127. The number of benzene rings is 1. The molecule has 8 heteroatoms. The van der Waals surface area contributed by atoms with Crippen LogP contribution in [0.15, 0.2) is 46.4 Å². The molecule has 0 radical (unpaired) electrons. The first kappa shape index (κ1) is 21.6. The number of aromatic nitrogens is 3. The van der Waals surface area contributed by atoms with Gasteiger partial charge in [0.05, 0.1) is 6.04 Å². The molecule has 0 aliphatic rings. The number of nitrogens with zero attached hydrogens (tertiary/aromatic N) is 4. The van der Waals surface area contributed by atoms with E-state index in [1.54, 1.807) is 6.08 Å². The Morgan fingerprint density at radius 1 is 1.40 bits per heavy atom. The predicted octanol–water partition coefficient (Wildman–Crippen LogP) is 3.49. The van der Waals surface area contributed by atoms with E-state index in [4.69, 9.17) is 0 Å². The molecule has 1 aromatic carbocycles. The Bertz CT molecular complexity index is 728. The van der Waals surface area contributed by atoms with Gasteiger partial charge in [-0.05, 0) is 25.5 Å². The zero-order valence-corrected chi connectivity index (χ0v) is 18.6. The van der Waals surface area contributed by atoms with Crippen molar-refractivity contribution >= 4 is 45.9 Å². The summed E-state index contributed by atoms with van der Waals surface area (Å²) in [6, 6.07) is 8.23. The summed E-state index contributed by atoms with van der Waals surface area (Å²) in [5, 5.41) is 14.8. The van der Waals surface area contributed by atoms with Crippen molar-refractivity contribution in [2.75, 3.05) is 6.54 Å². The molecule has 0 aliphatic carbocycles. The molecule has 2 rings (SSSR count). The van der Waals surface area contributed by atoms with Crippen molar-refractivity contribution in [2.45, 2.75) is 26.4 Å². The molecule has 0 amide bonds. The molecule has 2 aromatic rings. The van der Waals surface area contributed by atoms with Gasteiger partial charge < -0.3 is 15.2 Å². The lowest BCUT2D eigenvalue weighted by Crippen LogP contribution is -2.39. The van der Waals surface area contributed by atoms with Crippen LogP contribution in [0.25, 0.3) is 0 Å². The maximum absolute atomic E-state index is 4.61. The van der Waals surface area contributed by atoms with E-state index >= 15 is 0 Å². The maximum atomic E-state index is 4.61. The third-order valence-electron chi connectivity index (χ3n) is 3.70. The van der Waals surface area contributed by atoms with Gasteiger partial charge in [0.2, 0.25) is 0 Å². The van der Waals surface area contributed by atoms with Gasteiger partial charge in [-0.25, -0.2) is 4.99 Å². The molecule has 136 valence electrons. The van der Waals surface area contributed by atoms with Gasteiger partial charge in [-0.2, -0.15) is 0 Å². The van der Waals surface area contributed by atoms with Crippen LogP contribution < -0.4 is 10.6 Å². The molecule has 1 aromatic heterocycles. The normalized spacial score (nSPS) is 12.2. The highest BCUT2D eigenvalue weighted by molar-refractivity contribution is 14.0. The Morgan fingerprint density at radius 3 is 2.72 bits per heavy atom. The highest BCUT2D eigenvalue weighted by Crippen LogP contribution is 2.22. The van der Waals surface area contributed by atoms with Crippen LogP contribution in [0, 0.1) is 6.92 Å². The monoisotopic (exact) mass is 518 g/mol. The Balaban J connectivity index is 0.00000312. The fraction of sp³-hybridized carbons (Fsp3) is 0.353. The summed E-state index contributed by atoms with van der Waals surface area (Å²) in [4.78, 5) is 4.61. The largest absolute Gasteiger partial charge is 0.353 e. The van der Waals surface area contributed by atoms with E-state index in [1.807, 2.05) is 36.7 Å². The van der Waals surface area contributed by atoms with Crippen LogP contribution in [-0.4, -0.2) is 27.3 Å². The van der Waals surface area contributed by atoms with Crippen LogP contribution in [0.2, 0.25) is 0 Å². The number of aliphatic imine (C=N–C) groups is 1. The van der Waals surface area contributed by atoms with E-state index in [2.05, 4.69) is 61.3 Å². The second kappa shape index (κ2) is 10.5. The molecule has 2 N–H and O–H groups in total. The predicted molar refractivity (Wildman–Crippen MR) is 116 cm³/mol. The number of nitrogens with one attached hydrogen (secondary N) is 2. The number of rotatable bonds is 6. The van der Waals surface area contributed by atoms with E-state index in [-0.39, 0.29) is 30.0 Å². The van der Waals surface area contributed by atoms with Gasteiger partial charge in [0.25, 0.3) is 0 Å². The molecular formula is C17H24BrIN6. The van der Waals surface area contributed by atoms with E-state index in [0.717, 1.165) is 16.1 Å². The van der Waals surface area contributed by atoms with E-state index in [0.29, 0.717) is 19.0 Å². The third kappa shape index (κ3) is 6.10. The molecule has 0 saturated carbocycles. The zero-order chi connectivity index (χ0) is 17.5. The van der Waals surface area contributed by atoms with Crippen molar-refractivity contribution in [3.05, 3.63) is 58.6 Å². The van der Waals surface area contributed by atoms with Gasteiger partial charge in [-0.15, -0.1) is 40.8 Å². The fourth-order valence-corrected chi connectivity index (χ4v) is 2.80. The first-order valence-corrected chi connectivity index (χ1v) is 8.57. The lowest BCUT2D eigenvalue weighted by atomic mass is 10.1. The van der Waals surface area contributed by atoms with Gasteiger partial charge in [-0.3, -0.25) is 0 Å². The summed E-state index contributed by atoms with van der Waals surface area (Å²) in [7, 11) is 1.94. The average Bonchev–Trinajstić information content (AvgIpc) is 2.89. The van der Waals surface area contributed by atoms with Crippen molar-refractivity contribution in [2.24, 2.45) is 12.0 Å². The number of guanidine groups is 1. The summed E-state index contributed by atoms with van der Waals surface area (Å²) in [5.41, 5.74) is 1.17. The lowest BCUT2D eigenvalue weighted by Gasteiger charge is -2.19. The molecule has 0 spiro atoms. The number of hydrogen-bond acceptors (Lipinski definition) is 3.